The zero-order chi connectivity index (χ0) is 9.20. The molecule has 12 heavy (non-hydrogen) atoms. The van der Waals surface area contributed by atoms with Crippen LogP contribution in [0.1, 0.15) is 33.1 Å². The van der Waals surface area contributed by atoms with Gasteiger partial charge in [-0.05, 0) is 17.8 Å². The number of hydrogen-bond acceptors (Lipinski definition) is 1. The van der Waals surface area contributed by atoms with Crippen molar-refractivity contribution in [1.82, 2.24) is 0 Å². The minimum atomic E-state index is -2.42. The third-order valence-electron chi connectivity index (χ3n) is 3.69. The summed E-state index contributed by atoms with van der Waals surface area (Å²) in [5.41, 5.74) is 5.83. The standard InChI is InChI=1S/C9H15F2N/c1-7(2)5-9(7,12)6-3-8(10,11)4-6/h6H,3-5,12H2,1-2H3. The van der Waals surface area contributed by atoms with Crippen molar-refractivity contribution in [2.75, 3.05) is 0 Å². The van der Waals surface area contributed by atoms with E-state index in [0.717, 1.165) is 6.42 Å². The first-order valence-electron chi connectivity index (χ1n) is 4.44. The molecule has 1 nitrogen and oxygen atoms in total. The van der Waals surface area contributed by atoms with E-state index in [1.54, 1.807) is 0 Å². The average molecular weight is 175 g/mol. The van der Waals surface area contributed by atoms with E-state index in [0.29, 0.717) is 0 Å². The smallest absolute Gasteiger partial charge is 0.248 e. The summed E-state index contributed by atoms with van der Waals surface area (Å²) in [6.45, 7) is 4.12. The summed E-state index contributed by atoms with van der Waals surface area (Å²) in [6.07, 6.45) is 0.917. The van der Waals surface area contributed by atoms with Crippen LogP contribution in [0.3, 0.4) is 0 Å². The Bertz CT molecular complexity index is 217. The monoisotopic (exact) mass is 175 g/mol. The summed E-state index contributed by atoms with van der Waals surface area (Å²) in [5, 5.41) is 0. The Balaban J connectivity index is 1.99. The highest BCUT2D eigenvalue weighted by molar-refractivity contribution is 5.21. The van der Waals surface area contributed by atoms with Gasteiger partial charge in [-0.1, -0.05) is 13.8 Å². The van der Waals surface area contributed by atoms with Crippen LogP contribution in [-0.2, 0) is 0 Å². The van der Waals surface area contributed by atoms with Crippen molar-refractivity contribution >= 4 is 0 Å². The number of nitrogens with two attached hydrogens (primary N) is 1. The van der Waals surface area contributed by atoms with Gasteiger partial charge in [-0.3, -0.25) is 0 Å². The zero-order valence-corrected chi connectivity index (χ0v) is 7.53. The van der Waals surface area contributed by atoms with Gasteiger partial charge in [0.25, 0.3) is 0 Å². The number of rotatable bonds is 1. The van der Waals surface area contributed by atoms with Crippen molar-refractivity contribution in [3.63, 3.8) is 0 Å². The van der Waals surface area contributed by atoms with Gasteiger partial charge in [0.2, 0.25) is 5.92 Å². The molecule has 1 atom stereocenters. The first-order chi connectivity index (χ1) is 5.27. The molecule has 2 saturated carbocycles. The molecule has 0 aromatic carbocycles. The topological polar surface area (TPSA) is 26.0 Å². The van der Waals surface area contributed by atoms with E-state index in [2.05, 4.69) is 13.8 Å². The van der Waals surface area contributed by atoms with Crippen molar-refractivity contribution in [2.45, 2.75) is 44.6 Å². The molecule has 2 aliphatic carbocycles. The Hall–Kier alpha value is -0.180. The lowest BCUT2D eigenvalue weighted by molar-refractivity contribution is -0.122. The molecule has 0 aromatic rings. The summed E-state index contributed by atoms with van der Waals surface area (Å²) < 4.78 is 25.1. The number of alkyl halides is 2. The first-order valence-corrected chi connectivity index (χ1v) is 4.44. The van der Waals surface area contributed by atoms with Crippen molar-refractivity contribution < 1.29 is 8.78 Å². The molecule has 0 aromatic heterocycles. The van der Waals surface area contributed by atoms with E-state index in [1.807, 2.05) is 0 Å². The van der Waals surface area contributed by atoms with Crippen LogP contribution in [-0.4, -0.2) is 11.5 Å². The van der Waals surface area contributed by atoms with Crippen LogP contribution in [0.4, 0.5) is 8.78 Å². The lowest BCUT2D eigenvalue weighted by Crippen LogP contribution is -2.49. The highest BCUT2D eigenvalue weighted by atomic mass is 19.3. The maximum atomic E-state index is 12.5. The van der Waals surface area contributed by atoms with E-state index < -0.39 is 5.92 Å². The van der Waals surface area contributed by atoms with Crippen LogP contribution in [0, 0.1) is 11.3 Å². The molecule has 2 fully saturated rings. The van der Waals surface area contributed by atoms with Gasteiger partial charge in [-0.15, -0.1) is 0 Å². The SMILES string of the molecule is CC1(C)CC1(N)C1CC(F)(F)C1. The molecule has 0 bridgehead atoms. The molecule has 3 heteroatoms. The van der Waals surface area contributed by atoms with Crippen LogP contribution < -0.4 is 5.73 Å². The third kappa shape index (κ3) is 0.920. The molecule has 2 rings (SSSR count). The molecule has 0 spiro atoms. The van der Waals surface area contributed by atoms with E-state index in [1.165, 1.54) is 0 Å². The number of hydrogen-bond donors (Lipinski definition) is 1. The number of halogens is 2. The van der Waals surface area contributed by atoms with Crippen LogP contribution in [0.25, 0.3) is 0 Å². The fourth-order valence-corrected chi connectivity index (χ4v) is 2.41. The summed E-state index contributed by atoms with van der Waals surface area (Å²) in [5.74, 6) is -2.36. The quantitative estimate of drug-likeness (QED) is 0.649. The minimum absolute atomic E-state index is 0.00687. The molecule has 2 N–H and O–H groups in total. The molecule has 0 saturated heterocycles. The maximum absolute atomic E-state index is 12.5. The molecule has 70 valence electrons. The predicted molar refractivity (Wildman–Crippen MR) is 43.0 cm³/mol. The molecule has 0 heterocycles. The molecule has 2 aliphatic rings. The Morgan fingerprint density at radius 3 is 1.92 bits per heavy atom. The second kappa shape index (κ2) is 1.84. The summed E-state index contributed by atoms with van der Waals surface area (Å²) >= 11 is 0. The molecule has 0 amide bonds. The average Bonchev–Trinajstić information content (AvgIpc) is 2.28. The van der Waals surface area contributed by atoms with Crippen molar-refractivity contribution in [1.29, 1.82) is 0 Å². The normalized spacial score (nSPS) is 43.8. The third-order valence-corrected chi connectivity index (χ3v) is 3.69. The predicted octanol–water partition coefficient (Wildman–Crippen LogP) is 2.16. The summed E-state index contributed by atoms with van der Waals surface area (Å²) in [7, 11) is 0. The molecular weight excluding hydrogens is 160 g/mol. The van der Waals surface area contributed by atoms with E-state index >= 15 is 0 Å². The van der Waals surface area contributed by atoms with Gasteiger partial charge in [0.05, 0.1) is 0 Å². The van der Waals surface area contributed by atoms with Gasteiger partial charge < -0.3 is 5.73 Å². The summed E-state index contributed by atoms with van der Waals surface area (Å²) in [6, 6.07) is 0. The second-order valence-electron chi connectivity index (χ2n) is 5.06. The van der Waals surface area contributed by atoms with Gasteiger partial charge in [0.1, 0.15) is 0 Å². The maximum Gasteiger partial charge on any atom is 0.248 e. The molecule has 1 unspecified atom stereocenters. The summed E-state index contributed by atoms with van der Waals surface area (Å²) in [4.78, 5) is 0. The van der Waals surface area contributed by atoms with Crippen molar-refractivity contribution in [2.24, 2.45) is 17.1 Å². The molecular formula is C9H15F2N. The van der Waals surface area contributed by atoms with Crippen LogP contribution >= 0.6 is 0 Å². The minimum Gasteiger partial charge on any atom is -0.324 e. The lowest BCUT2D eigenvalue weighted by Gasteiger charge is -2.40. The van der Waals surface area contributed by atoms with Gasteiger partial charge >= 0.3 is 0 Å². The Morgan fingerprint density at radius 2 is 1.67 bits per heavy atom. The highest BCUT2D eigenvalue weighted by Gasteiger charge is 2.67. The van der Waals surface area contributed by atoms with E-state index in [-0.39, 0.29) is 29.7 Å². The highest BCUT2D eigenvalue weighted by Crippen LogP contribution is 2.64. The Labute approximate surface area is 71.3 Å². The van der Waals surface area contributed by atoms with Crippen molar-refractivity contribution in [3.8, 4) is 0 Å². The van der Waals surface area contributed by atoms with Crippen LogP contribution in [0.5, 0.6) is 0 Å². The van der Waals surface area contributed by atoms with Crippen LogP contribution in [0.2, 0.25) is 0 Å². The largest absolute Gasteiger partial charge is 0.324 e. The van der Waals surface area contributed by atoms with E-state index in [4.69, 9.17) is 5.73 Å². The van der Waals surface area contributed by atoms with Crippen LogP contribution in [0.15, 0.2) is 0 Å². The molecule has 0 aliphatic heterocycles. The zero-order valence-electron chi connectivity index (χ0n) is 7.53. The van der Waals surface area contributed by atoms with Gasteiger partial charge in [0.15, 0.2) is 0 Å². The fourth-order valence-electron chi connectivity index (χ4n) is 2.41. The Morgan fingerprint density at radius 1 is 1.25 bits per heavy atom. The molecule has 0 radical (unpaired) electrons. The van der Waals surface area contributed by atoms with Crippen molar-refractivity contribution in [3.05, 3.63) is 0 Å². The Kier molecular flexibility index (Phi) is 1.29. The first kappa shape index (κ1) is 8.42. The van der Waals surface area contributed by atoms with E-state index in [9.17, 15) is 8.78 Å². The van der Waals surface area contributed by atoms with Gasteiger partial charge in [-0.25, -0.2) is 8.78 Å². The second-order valence-corrected chi connectivity index (χ2v) is 5.06. The lowest BCUT2D eigenvalue weighted by atomic mass is 9.73. The fraction of sp³-hybridized carbons (Fsp3) is 1.00. The van der Waals surface area contributed by atoms with Gasteiger partial charge in [-0.2, -0.15) is 0 Å². The van der Waals surface area contributed by atoms with Gasteiger partial charge in [0, 0.05) is 18.4 Å².